The monoisotopic (exact) mass is 342 g/mol. The van der Waals surface area contributed by atoms with Crippen molar-refractivity contribution < 1.29 is 22.8 Å². The van der Waals surface area contributed by atoms with E-state index in [9.17, 15) is 18.0 Å². The van der Waals surface area contributed by atoms with Gasteiger partial charge in [-0.05, 0) is 43.0 Å². The second-order valence-corrected chi connectivity index (χ2v) is 5.91. The van der Waals surface area contributed by atoms with Crippen LogP contribution in [0.1, 0.15) is 30.7 Å². The van der Waals surface area contributed by atoms with Crippen LogP contribution in [0.3, 0.4) is 0 Å². The second kappa shape index (κ2) is 6.68. The summed E-state index contributed by atoms with van der Waals surface area (Å²) in [6.45, 7) is -2.95. The fourth-order valence-electron chi connectivity index (χ4n) is 2.42. The summed E-state index contributed by atoms with van der Waals surface area (Å²) in [5, 5.41) is 2.76. The van der Waals surface area contributed by atoms with E-state index in [1.165, 1.54) is 12.1 Å². The number of benzene rings is 1. The smallest absolute Gasteiger partial charge is 0.336 e. The third-order valence-electron chi connectivity index (χ3n) is 3.94. The maximum absolute atomic E-state index is 14.0. The number of amidine groups is 1. The van der Waals surface area contributed by atoms with Gasteiger partial charge in [0.1, 0.15) is 5.82 Å². The molecule has 0 radical (unpaired) electrons. The van der Waals surface area contributed by atoms with E-state index in [0.717, 1.165) is 12.8 Å². The number of rotatable bonds is 6. The molecule has 1 aromatic rings. The molecular weight excluding hydrogens is 325 g/mol. The standard InChI is InChI=1S/C15H17F3N4O2/c16-11-4-3-8(20-13(23)7-1-2-7)5-9(11)10-6-12(10)22-24-15(19)21-14(17)18/h3-5,7,10,12,14,22H,1-2,6H2,(H2,19,21)(H,20,23)/t10-,12-/m1/s1. The van der Waals surface area contributed by atoms with Crippen molar-refractivity contribution in [2.75, 3.05) is 5.32 Å². The van der Waals surface area contributed by atoms with Crippen LogP contribution in [0.25, 0.3) is 0 Å². The minimum atomic E-state index is -2.95. The first-order valence-corrected chi connectivity index (χ1v) is 7.58. The Morgan fingerprint density at radius 1 is 1.38 bits per heavy atom. The van der Waals surface area contributed by atoms with Crippen LogP contribution in [-0.2, 0) is 9.63 Å². The lowest BCUT2D eigenvalue weighted by Crippen LogP contribution is -2.29. The van der Waals surface area contributed by atoms with Gasteiger partial charge in [-0.15, -0.1) is 5.48 Å². The number of nitrogens with two attached hydrogens (primary N) is 1. The largest absolute Gasteiger partial charge is 0.371 e. The molecule has 0 unspecified atom stereocenters. The molecule has 0 heterocycles. The molecule has 0 aromatic heterocycles. The number of carbonyl (C=O) groups is 1. The molecule has 130 valence electrons. The summed E-state index contributed by atoms with van der Waals surface area (Å²) in [7, 11) is 0. The molecule has 2 atom stereocenters. The molecule has 2 aliphatic carbocycles. The van der Waals surface area contributed by atoms with E-state index in [1.54, 1.807) is 6.07 Å². The maximum Gasteiger partial charge on any atom is 0.336 e. The Morgan fingerprint density at radius 2 is 2.12 bits per heavy atom. The molecule has 2 fully saturated rings. The van der Waals surface area contributed by atoms with Crippen LogP contribution in [-0.4, -0.2) is 24.5 Å². The zero-order chi connectivity index (χ0) is 17.3. The summed E-state index contributed by atoms with van der Waals surface area (Å²) < 4.78 is 37.9. The van der Waals surface area contributed by atoms with Gasteiger partial charge in [-0.1, -0.05) is 0 Å². The molecule has 0 spiro atoms. The number of carbonyl (C=O) groups excluding carboxylic acids is 1. The maximum atomic E-state index is 14.0. The van der Waals surface area contributed by atoms with Crippen LogP contribution >= 0.6 is 0 Å². The van der Waals surface area contributed by atoms with Gasteiger partial charge in [0, 0.05) is 17.5 Å². The van der Waals surface area contributed by atoms with Crippen LogP contribution in [0, 0.1) is 11.7 Å². The van der Waals surface area contributed by atoms with Gasteiger partial charge in [-0.2, -0.15) is 13.8 Å². The fraction of sp³-hybridized carbons (Fsp3) is 0.467. The minimum Gasteiger partial charge on any atom is -0.371 e. The molecule has 1 amide bonds. The van der Waals surface area contributed by atoms with Crippen molar-refractivity contribution in [1.29, 1.82) is 0 Å². The summed E-state index contributed by atoms with van der Waals surface area (Å²) in [5.74, 6) is -0.596. The van der Waals surface area contributed by atoms with E-state index in [4.69, 9.17) is 10.6 Å². The lowest BCUT2D eigenvalue weighted by atomic mass is 10.1. The molecule has 0 bridgehead atoms. The Hall–Kier alpha value is -2.29. The number of anilines is 1. The third kappa shape index (κ3) is 4.16. The summed E-state index contributed by atoms with van der Waals surface area (Å²) in [6, 6.07) is 3.44. The molecule has 3 rings (SSSR count). The Balaban J connectivity index is 1.58. The van der Waals surface area contributed by atoms with Gasteiger partial charge >= 0.3 is 12.6 Å². The molecule has 9 heteroatoms. The number of aliphatic imine (C=N–C) groups is 1. The predicted molar refractivity (Wildman–Crippen MR) is 80.7 cm³/mol. The van der Waals surface area contributed by atoms with E-state index in [-0.39, 0.29) is 23.8 Å². The molecule has 2 saturated carbocycles. The zero-order valence-corrected chi connectivity index (χ0v) is 12.6. The highest BCUT2D eigenvalue weighted by Crippen LogP contribution is 2.43. The van der Waals surface area contributed by atoms with E-state index in [2.05, 4.69) is 15.8 Å². The number of halogens is 3. The van der Waals surface area contributed by atoms with Gasteiger partial charge in [0.15, 0.2) is 0 Å². The highest BCUT2D eigenvalue weighted by Gasteiger charge is 2.41. The molecule has 6 nitrogen and oxygen atoms in total. The van der Waals surface area contributed by atoms with Crippen molar-refractivity contribution in [2.45, 2.75) is 37.8 Å². The molecule has 24 heavy (non-hydrogen) atoms. The average Bonchev–Trinajstić information content (AvgIpc) is 3.40. The average molecular weight is 342 g/mol. The first-order chi connectivity index (χ1) is 11.4. The first kappa shape index (κ1) is 16.6. The molecular formula is C15H17F3N4O2. The van der Waals surface area contributed by atoms with Crippen LogP contribution in [0.4, 0.5) is 18.9 Å². The minimum absolute atomic E-state index is 0.0549. The zero-order valence-electron chi connectivity index (χ0n) is 12.6. The van der Waals surface area contributed by atoms with Crippen molar-refractivity contribution in [2.24, 2.45) is 16.6 Å². The lowest BCUT2D eigenvalue weighted by molar-refractivity contribution is -0.117. The summed E-state index contributed by atoms with van der Waals surface area (Å²) >= 11 is 0. The second-order valence-electron chi connectivity index (χ2n) is 5.91. The normalized spacial score (nSPS) is 23.2. The quantitative estimate of drug-likeness (QED) is 0.320. The van der Waals surface area contributed by atoms with Crippen molar-refractivity contribution in [3.8, 4) is 0 Å². The van der Waals surface area contributed by atoms with E-state index < -0.39 is 18.4 Å². The Kier molecular flexibility index (Phi) is 4.61. The number of hydrogen-bond donors (Lipinski definition) is 3. The highest BCUT2D eigenvalue weighted by atomic mass is 19.3. The summed E-state index contributed by atoms with van der Waals surface area (Å²) in [4.78, 5) is 19.2. The number of hydrogen-bond acceptors (Lipinski definition) is 4. The molecule has 0 saturated heterocycles. The van der Waals surface area contributed by atoms with Gasteiger partial charge in [0.2, 0.25) is 5.91 Å². The van der Waals surface area contributed by atoms with E-state index in [1.807, 2.05) is 0 Å². The Bertz CT molecular complexity index is 664. The number of alkyl halides is 2. The van der Waals surface area contributed by atoms with Gasteiger partial charge < -0.3 is 15.9 Å². The van der Waals surface area contributed by atoms with Gasteiger partial charge in [0.05, 0.1) is 6.04 Å². The molecule has 1 aromatic carbocycles. The van der Waals surface area contributed by atoms with E-state index in [0.29, 0.717) is 17.7 Å². The van der Waals surface area contributed by atoms with Crippen LogP contribution in [0.15, 0.2) is 23.2 Å². The van der Waals surface area contributed by atoms with Gasteiger partial charge in [-0.3, -0.25) is 4.79 Å². The summed E-state index contributed by atoms with van der Waals surface area (Å²) in [6.07, 6.45) is 2.32. The third-order valence-corrected chi connectivity index (χ3v) is 3.94. The number of nitrogens with one attached hydrogen (secondary N) is 2. The number of nitrogens with zero attached hydrogens (tertiary/aromatic N) is 1. The van der Waals surface area contributed by atoms with Crippen molar-refractivity contribution >= 4 is 17.6 Å². The van der Waals surface area contributed by atoms with Crippen molar-refractivity contribution in [1.82, 2.24) is 5.48 Å². The van der Waals surface area contributed by atoms with E-state index >= 15 is 0 Å². The molecule has 2 aliphatic rings. The number of hydroxylamine groups is 1. The fourth-order valence-corrected chi connectivity index (χ4v) is 2.42. The van der Waals surface area contributed by atoms with Crippen LogP contribution in [0.5, 0.6) is 0 Å². The first-order valence-electron chi connectivity index (χ1n) is 7.58. The molecule has 0 aliphatic heterocycles. The topological polar surface area (TPSA) is 88.7 Å². The van der Waals surface area contributed by atoms with Crippen molar-refractivity contribution in [3.63, 3.8) is 0 Å². The van der Waals surface area contributed by atoms with Crippen LogP contribution in [0.2, 0.25) is 0 Å². The van der Waals surface area contributed by atoms with Crippen molar-refractivity contribution in [3.05, 3.63) is 29.6 Å². The van der Waals surface area contributed by atoms with Crippen LogP contribution < -0.4 is 16.5 Å². The highest BCUT2D eigenvalue weighted by molar-refractivity contribution is 5.94. The Labute approximate surface area is 136 Å². The SMILES string of the molecule is N/C(=N/C(F)F)ON[C@@H]1C[C@@H]1c1cc(NC(=O)C2CC2)ccc1F. The summed E-state index contributed by atoms with van der Waals surface area (Å²) in [5.41, 5.74) is 8.59. The molecule has 4 N–H and O–H groups in total. The number of amides is 1. The Morgan fingerprint density at radius 3 is 2.79 bits per heavy atom. The lowest BCUT2D eigenvalue weighted by Gasteiger charge is -2.09. The van der Waals surface area contributed by atoms with Gasteiger partial charge in [-0.25, -0.2) is 4.39 Å². The van der Waals surface area contributed by atoms with Gasteiger partial charge in [0.25, 0.3) is 0 Å². The predicted octanol–water partition coefficient (Wildman–Crippen LogP) is 2.09.